The third kappa shape index (κ3) is 3.39. The molecule has 2 heterocycles. The van der Waals surface area contributed by atoms with Gasteiger partial charge in [-0.3, -0.25) is 4.79 Å². The third-order valence-electron chi connectivity index (χ3n) is 4.67. The topological polar surface area (TPSA) is 64.2 Å². The summed E-state index contributed by atoms with van der Waals surface area (Å²) >= 11 is 1.47. The molecule has 0 amide bonds. The van der Waals surface area contributed by atoms with E-state index in [9.17, 15) is 4.79 Å². The van der Waals surface area contributed by atoms with Crippen LogP contribution in [0.4, 0.5) is 0 Å². The van der Waals surface area contributed by atoms with Gasteiger partial charge < -0.3 is 14.5 Å². The highest BCUT2D eigenvalue weighted by Gasteiger charge is 2.16. The number of nitrogens with zero attached hydrogens (tertiary/aromatic N) is 1. The summed E-state index contributed by atoms with van der Waals surface area (Å²) < 4.78 is 10.7. The third-order valence-corrected chi connectivity index (χ3v) is 5.54. The van der Waals surface area contributed by atoms with Crippen LogP contribution in [0, 0.1) is 6.92 Å². The molecule has 0 aliphatic carbocycles. The van der Waals surface area contributed by atoms with Crippen molar-refractivity contribution < 1.29 is 9.47 Å². The molecule has 2 aromatic carbocycles. The van der Waals surface area contributed by atoms with Crippen molar-refractivity contribution in [3.63, 3.8) is 0 Å². The molecule has 1 N–H and O–H groups in total. The zero-order valence-corrected chi connectivity index (χ0v) is 16.7. The number of aryl methyl sites for hydroxylation is 1. The molecule has 0 spiro atoms. The average Bonchev–Trinajstić information content (AvgIpc) is 3.13. The predicted octanol–water partition coefficient (Wildman–Crippen LogP) is 4.57. The van der Waals surface area contributed by atoms with Gasteiger partial charge in [-0.05, 0) is 36.8 Å². The Kier molecular flexibility index (Phi) is 4.88. The smallest absolute Gasteiger partial charge is 0.260 e. The van der Waals surface area contributed by atoms with Gasteiger partial charge in [0.1, 0.15) is 22.2 Å². The van der Waals surface area contributed by atoms with Crippen molar-refractivity contribution in [2.24, 2.45) is 0 Å². The predicted molar refractivity (Wildman–Crippen MR) is 113 cm³/mol. The van der Waals surface area contributed by atoms with Crippen molar-refractivity contribution in [2.45, 2.75) is 13.3 Å². The van der Waals surface area contributed by atoms with E-state index in [4.69, 9.17) is 9.47 Å². The van der Waals surface area contributed by atoms with Gasteiger partial charge in [0.2, 0.25) is 0 Å². The second kappa shape index (κ2) is 7.48. The van der Waals surface area contributed by atoms with E-state index in [-0.39, 0.29) is 5.56 Å². The maximum Gasteiger partial charge on any atom is 0.260 e. The minimum Gasteiger partial charge on any atom is -0.497 e. The van der Waals surface area contributed by atoms with E-state index in [1.54, 1.807) is 14.2 Å². The van der Waals surface area contributed by atoms with Crippen LogP contribution >= 0.6 is 11.3 Å². The first kappa shape index (κ1) is 18.3. The Morgan fingerprint density at radius 2 is 1.82 bits per heavy atom. The first-order valence-electron chi connectivity index (χ1n) is 8.87. The second-order valence-corrected chi connectivity index (χ2v) is 7.43. The maximum absolute atomic E-state index is 12.9. The van der Waals surface area contributed by atoms with Gasteiger partial charge in [0, 0.05) is 22.9 Å². The molecule has 5 nitrogen and oxygen atoms in total. The van der Waals surface area contributed by atoms with E-state index in [1.165, 1.54) is 11.3 Å². The summed E-state index contributed by atoms with van der Waals surface area (Å²) in [5, 5.41) is 2.58. The maximum atomic E-state index is 12.9. The quantitative estimate of drug-likeness (QED) is 0.540. The fourth-order valence-electron chi connectivity index (χ4n) is 3.24. The Hall–Kier alpha value is -3.12. The summed E-state index contributed by atoms with van der Waals surface area (Å²) in [6.07, 6.45) is 0.552. The number of thiophene rings is 1. The zero-order valence-electron chi connectivity index (χ0n) is 15.9. The van der Waals surface area contributed by atoms with Crippen molar-refractivity contribution in [2.75, 3.05) is 14.2 Å². The molecule has 4 rings (SSSR count). The molecule has 4 aromatic rings. The monoisotopic (exact) mass is 392 g/mol. The molecule has 142 valence electrons. The Bertz CT molecular complexity index is 1190. The molecular weight excluding hydrogens is 372 g/mol. The highest BCUT2D eigenvalue weighted by molar-refractivity contribution is 7.17. The van der Waals surface area contributed by atoms with E-state index in [0.717, 1.165) is 38.6 Å². The van der Waals surface area contributed by atoms with Gasteiger partial charge in [-0.1, -0.05) is 23.8 Å². The van der Waals surface area contributed by atoms with Crippen molar-refractivity contribution in [1.29, 1.82) is 0 Å². The first-order chi connectivity index (χ1) is 13.6. The molecule has 0 saturated heterocycles. The van der Waals surface area contributed by atoms with Crippen LogP contribution in [0.3, 0.4) is 0 Å². The molecule has 6 heteroatoms. The molecule has 28 heavy (non-hydrogen) atoms. The summed E-state index contributed by atoms with van der Waals surface area (Å²) in [4.78, 5) is 21.2. The van der Waals surface area contributed by atoms with Gasteiger partial charge >= 0.3 is 0 Å². The Morgan fingerprint density at radius 1 is 1.04 bits per heavy atom. The molecule has 0 bridgehead atoms. The lowest BCUT2D eigenvalue weighted by Gasteiger charge is -2.09. The van der Waals surface area contributed by atoms with Crippen LogP contribution in [0.2, 0.25) is 0 Å². The van der Waals surface area contributed by atoms with Crippen molar-refractivity contribution >= 4 is 21.6 Å². The van der Waals surface area contributed by atoms with Gasteiger partial charge in [0.15, 0.2) is 0 Å². The molecule has 0 unspecified atom stereocenters. The van der Waals surface area contributed by atoms with E-state index in [0.29, 0.717) is 17.6 Å². The van der Waals surface area contributed by atoms with Crippen LogP contribution < -0.4 is 15.0 Å². The van der Waals surface area contributed by atoms with Crippen LogP contribution in [-0.4, -0.2) is 24.2 Å². The van der Waals surface area contributed by atoms with E-state index < -0.39 is 0 Å². The Morgan fingerprint density at radius 3 is 2.54 bits per heavy atom. The number of hydrogen-bond acceptors (Lipinski definition) is 5. The minimum atomic E-state index is -0.131. The average molecular weight is 392 g/mol. The van der Waals surface area contributed by atoms with Crippen LogP contribution in [0.25, 0.3) is 21.3 Å². The Labute approximate surface area is 166 Å². The summed E-state index contributed by atoms with van der Waals surface area (Å²) in [5.41, 5.74) is 3.79. The number of aromatic amines is 1. The van der Waals surface area contributed by atoms with Crippen molar-refractivity contribution in [3.8, 4) is 22.6 Å². The highest BCUT2D eigenvalue weighted by atomic mass is 32.1. The molecule has 0 atom stereocenters. The SMILES string of the molecule is COc1ccc(Cc2nc3scc(-c4cc(C)ccc4OC)c3c(=O)[nH]2)cc1. The molecule has 0 aliphatic heterocycles. The summed E-state index contributed by atoms with van der Waals surface area (Å²) in [7, 11) is 3.28. The minimum absolute atomic E-state index is 0.131. The number of aromatic nitrogens is 2. The molecule has 0 fully saturated rings. The van der Waals surface area contributed by atoms with Gasteiger partial charge in [0.05, 0.1) is 19.6 Å². The van der Waals surface area contributed by atoms with Gasteiger partial charge in [-0.2, -0.15) is 0 Å². The molecule has 0 radical (unpaired) electrons. The number of fused-ring (bicyclic) bond motifs is 1. The fourth-order valence-corrected chi connectivity index (χ4v) is 4.20. The van der Waals surface area contributed by atoms with Crippen LogP contribution in [0.15, 0.2) is 52.6 Å². The van der Waals surface area contributed by atoms with Gasteiger partial charge in [-0.15, -0.1) is 11.3 Å². The van der Waals surface area contributed by atoms with E-state index in [1.807, 2.05) is 54.8 Å². The summed E-state index contributed by atoms with van der Waals surface area (Å²) in [6.45, 7) is 2.02. The second-order valence-electron chi connectivity index (χ2n) is 6.57. The lowest BCUT2D eigenvalue weighted by atomic mass is 10.0. The zero-order chi connectivity index (χ0) is 19.7. The largest absolute Gasteiger partial charge is 0.497 e. The fraction of sp³-hybridized carbons (Fsp3) is 0.182. The van der Waals surface area contributed by atoms with Crippen LogP contribution in [0.1, 0.15) is 17.0 Å². The molecular formula is C22H20N2O3S. The number of methoxy groups -OCH3 is 2. The number of rotatable bonds is 5. The number of ether oxygens (including phenoxy) is 2. The van der Waals surface area contributed by atoms with Crippen molar-refractivity contribution in [1.82, 2.24) is 9.97 Å². The number of benzene rings is 2. The highest BCUT2D eigenvalue weighted by Crippen LogP contribution is 2.37. The lowest BCUT2D eigenvalue weighted by Crippen LogP contribution is -2.11. The number of H-pyrrole nitrogens is 1. The van der Waals surface area contributed by atoms with E-state index >= 15 is 0 Å². The number of nitrogens with one attached hydrogen (secondary N) is 1. The summed E-state index contributed by atoms with van der Waals surface area (Å²) in [6, 6.07) is 13.7. The summed E-state index contributed by atoms with van der Waals surface area (Å²) in [5.74, 6) is 2.19. The van der Waals surface area contributed by atoms with Crippen molar-refractivity contribution in [3.05, 3.63) is 75.1 Å². The lowest BCUT2D eigenvalue weighted by molar-refractivity contribution is 0.414. The molecule has 2 aromatic heterocycles. The normalized spacial score (nSPS) is 11.0. The Balaban J connectivity index is 1.76. The molecule has 0 aliphatic rings. The van der Waals surface area contributed by atoms with Crippen LogP contribution in [0.5, 0.6) is 11.5 Å². The van der Waals surface area contributed by atoms with E-state index in [2.05, 4.69) is 9.97 Å². The molecule has 0 saturated carbocycles. The van der Waals surface area contributed by atoms with Crippen LogP contribution in [-0.2, 0) is 6.42 Å². The van der Waals surface area contributed by atoms with Gasteiger partial charge in [-0.25, -0.2) is 4.98 Å². The number of hydrogen-bond donors (Lipinski definition) is 1. The van der Waals surface area contributed by atoms with Gasteiger partial charge in [0.25, 0.3) is 5.56 Å². The standard InChI is InChI=1S/C22H20N2O3S/c1-13-4-9-18(27-3)16(10-13)17-12-28-22-20(17)21(25)23-19(24-22)11-14-5-7-15(26-2)8-6-14/h4-10,12H,11H2,1-3H3,(H,23,24,25). The first-order valence-corrected chi connectivity index (χ1v) is 9.75.